The number of hydrogen-bond donors (Lipinski definition) is 0. The van der Waals surface area contributed by atoms with Gasteiger partial charge in [0.2, 0.25) is 0 Å². The van der Waals surface area contributed by atoms with E-state index < -0.39 is 0 Å². The number of methoxy groups -OCH3 is 5. The molecular weight excluding hydrogens is 482 g/mol. The zero-order valence-electron chi connectivity index (χ0n) is 21.8. The molecule has 1 aliphatic heterocycles. The number of benzene rings is 2. The van der Waals surface area contributed by atoms with E-state index in [1.165, 1.54) is 17.5 Å². The number of nitrogens with zero attached hydrogens (tertiary/aromatic N) is 1. The maximum atomic E-state index is 5.82. The average Bonchev–Trinajstić information content (AvgIpc) is 2.91. The Kier molecular flexibility index (Phi) is 10.6. The molecule has 1 aliphatic rings. The van der Waals surface area contributed by atoms with Gasteiger partial charge in [-0.2, -0.15) is 0 Å². The minimum atomic E-state index is -0.0483. The van der Waals surface area contributed by atoms with Crippen LogP contribution in [0.1, 0.15) is 30.4 Å². The summed E-state index contributed by atoms with van der Waals surface area (Å²) in [4.78, 5) is 2.41. The van der Waals surface area contributed by atoms with Crippen LogP contribution >= 0.6 is 23.5 Å². The van der Waals surface area contributed by atoms with Gasteiger partial charge in [0, 0.05) is 18.2 Å². The van der Waals surface area contributed by atoms with E-state index >= 15 is 0 Å². The van der Waals surface area contributed by atoms with Crippen LogP contribution in [-0.2, 0) is 10.5 Å². The second kappa shape index (κ2) is 13.4. The van der Waals surface area contributed by atoms with Crippen molar-refractivity contribution >= 4 is 23.5 Å². The Morgan fingerprint density at radius 2 is 1.34 bits per heavy atom. The molecule has 1 saturated heterocycles. The second-order valence-electron chi connectivity index (χ2n) is 8.56. The zero-order chi connectivity index (χ0) is 25.3. The van der Waals surface area contributed by atoms with E-state index in [1.54, 1.807) is 35.5 Å². The van der Waals surface area contributed by atoms with Gasteiger partial charge < -0.3 is 28.6 Å². The van der Waals surface area contributed by atoms with Crippen LogP contribution in [0.4, 0.5) is 0 Å². The van der Waals surface area contributed by atoms with Crippen LogP contribution in [0, 0.1) is 0 Å². The number of hydrogen-bond acceptors (Lipinski definition) is 8. The molecule has 0 saturated carbocycles. The Morgan fingerprint density at radius 1 is 0.743 bits per heavy atom. The molecule has 2 aromatic rings. The van der Waals surface area contributed by atoms with E-state index in [4.69, 9.17) is 23.7 Å². The molecule has 6 nitrogen and oxygen atoms in total. The lowest BCUT2D eigenvalue weighted by atomic mass is 10.0. The molecule has 3 rings (SSSR count). The molecular formula is C27H39NO5S2. The highest BCUT2D eigenvalue weighted by Gasteiger charge is 2.38. The van der Waals surface area contributed by atoms with E-state index in [1.807, 2.05) is 35.7 Å². The minimum Gasteiger partial charge on any atom is -0.496 e. The molecule has 1 heterocycles. The van der Waals surface area contributed by atoms with Gasteiger partial charge in [0.05, 0.1) is 39.6 Å². The summed E-state index contributed by atoms with van der Waals surface area (Å²) in [6, 6.07) is 10.2. The van der Waals surface area contributed by atoms with Crippen LogP contribution < -0.4 is 23.7 Å². The van der Waals surface area contributed by atoms with E-state index in [0.717, 1.165) is 66.9 Å². The molecule has 0 unspecified atom stereocenters. The SMILES string of the molecule is COc1ccc(CCN(C)CCCC2(c3cc(OC)c(OC)cc3OC)SCCCS2)cc1OC. The van der Waals surface area contributed by atoms with Gasteiger partial charge in [-0.15, -0.1) is 23.5 Å². The first-order valence-corrected chi connectivity index (χ1v) is 13.9. The Hall–Kier alpha value is -1.90. The van der Waals surface area contributed by atoms with Gasteiger partial charge in [-0.1, -0.05) is 6.07 Å². The quantitative estimate of drug-likeness (QED) is 0.332. The normalized spacial score (nSPS) is 15.1. The van der Waals surface area contributed by atoms with Crippen LogP contribution in [0.5, 0.6) is 28.7 Å². The monoisotopic (exact) mass is 521 g/mol. The molecule has 0 bridgehead atoms. The van der Waals surface area contributed by atoms with Crippen LogP contribution in [0.2, 0.25) is 0 Å². The van der Waals surface area contributed by atoms with Crippen molar-refractivity contribution in [2.45, 2.75) is 29.8 Å². The summed E-state index contributed by atoms with van der Waals surface area (Å²) < 4.78 is 27.7. The maximum absolute atomic E-state index is 5.82. The van der Waals surface area contributed by atoms with Gasteiger partial charge in [-0.05, 0) is 74.5 Å². The minimum absolute atomic E-state index is 0.0483. The lowest BCUT2D eigenvalue weighted by Gasteiger charge is -2.38. The summed E-state index contributed by atoms with van der Waals surface area (Å²) in [5.41, 5.74) is 2.44. The van der Waals surface area contributed by atoms with Crippen LogP contribution in [-0.4, -0.2) is 72.1 Å². The zero-order valence-corrected chi connectivity index (χ0v) is 23.5. The molecule has 0 radical (unpaired) electrons. The van der Waals surface area contributed by atoms with Crippen molar-refractivity contribution in [3.8, 4) is 28.7 Å². The second-order valence-corrected chi connectivity index (χ2v) is 11.6. The number of ether oxygens (including phenoxy) is 5. The van der Waals surface area contributed by atoms with Crippen molar-refractivity contribution < 1.29 is 23.7 Å². The lowest BCUT2D eigenvalue weighted by Crippen LogP contribution is -2.27. The molecule has 2 aromatic carbocycles. The molecule has 0 amide bonds. The molecule has 0 spiro atoms. The lowest BCUT2D eigenvalue weighted by molar-refractivity contribution is 0.325. The Labute approximate surface area is 219 Å². The number of thioether (sulfide) groups is 2. The first kappa shape index (κ1) is 27.7. The molecule has 194 valence electrons. The van der Waals surface area contributed by atoms with Crippen LogP contribution in [0.3, 0.4) is 0 Å². The molecule has 8 heteroatoms. The third-order valence-corrected chi connectivity index (χ3v) is 9.82. The van der Waals surface area contributed by atoms with Crippen molar-refractivity contribution in [3.63, 3.8) is 0 Å². The van der Waals surface area contributed by atoms with Crippen molar-refractivity contribution in [2.75, 3.05) is 67.2 Å². The Morgan fingerprint density at radius 3 is 1.97 bits per heavy atom. The summed E-state index contributed by atoms with van der Waals surface area (Å²) in [5, 5.41) is 0. The van der Waals surface area contributed by atoms with E-state index in [-0.39, 0.29) is 4.08 Å². The smallest absolute Gasteiger partial charge is 0.164 e. The highest BCUT2D eigenvalue weighted by molar-refractivity contribution is 8.18. The van der Waals surface area contributed by atoms with Crippen LogP contribution in [0.25, 0.3) is 0 Å². The fraction of sp³-hybridized carbons (Fsp3) is 0.556. The first-order valence-electron chi connectivity index (χ1n) is 12.0. The molecule has 0 aromatic heterocycles. The average molecular weight is 522 g/mol. The van der Waals surface area contributed by atoms with Crippen molar-refractivity contribution in [2.24, 2.45) is 0 Å². The fourth-order valence-electron chi connectivity index (χ4n) is 4.39. The van der Waals surface area contributed by atoms with E-state index in [9.17, 15) is 0 Å². The summed E-state index contributed by atoms with van der Waals surface area (Å²) >= 11 is 4.08. The van der Waals surface area contributed by atoms with Crippen molar-refractivity contribution in [1.82, 2.24) is 4.90 Å². The van der Waals surface area contributed by atoms with Gasteiger partial charge >= 0.3 is 0 Å². The third kappa shape index (κ3) is 6.86. The largest absolute Gasteiger partial charge is 0.496 e. The van der Waals surface area contributed by atoms with E-state index in [0.29, 0.717) is 5.75 Å². The van der Waals surface area contributed by atoms with Crippen molar-refractivity contribution in [1.29, 1.82) is 0 Å². The maximum Gasteiger partial charge on any atom is 0.164 e. The molecule has 0 N–H and O–H groups in total. The highest BCUT2D eigenvalue weighted by atomic mass is 32.2. The summed E-state index contributed by atoms with van der Waals surface area (Å²) in [6.45, 7) is 2.02. The van der Waals surface area contributed by atoms with Crippen LogP contribution in [0.15, 0.2) is 30.3 Å². The summed E-state index contributed by atoms with van der Waals surface area (Å²) in [7, 11) is 10.6. The van der Waals surface area contributed by atoms with Gasteiger partial charge in [0.15, 0.2) is 23.0 Å². The molecule has 0 atom stereocenters. The molecule has 35 heavy (non-hydrogen) atoms. The number of rotatable bonds is 13. The Balaban J connectivity index is 1.66. The van der Waals surface area contributed by atoms with Crippen molar-refractivity contribution in [3.05, 3.63) is 41.5 Å². The topological polar surface area (TPSA) is 49.4 Å². The standard InChI is InChI=1S/C27H39NO5S2/c1-28(14-11-20-9-10-22(29-2)24(17-20)31-4)13-7-12-27(34-15-8-16-35-27)21-18-25(32-5)26(33-6)19-23(21)30-3/h9-10,17-19H,7-8,11-16H2,1-6H3. The van der Waals surface area contributed by atoms with Gasteiger partial charge in [0.25, 0.3) is 0 Å². The molecule has 1 fully saturated rings. The first-order chi connectivity index (χ1) is 17.0. The van der Waals surface area contributed by atoms with Gasteiger partial charge in [0.1, 0.15) is 5.75 Å². The predicted octanol–water partition coefficient (Wildman–Crippen LogP) is 5.71. The van der Waals surface area contributed by atoms with Gasteiger partial charge in [-0.25, -0.2) is 0 Å². The highest BCUT2D eigenvalue weighted by Crippen LogP contribution is 2.57. The predicted molar refractivity (Wildman–Crippen MR) is 147 cm³/mol. The third-order valence-electron chi connectivity index (χ3n) is 6.35. The summed E-state index contributed by atoms with van der Waals surface area (Å²) in [5.74, 6) is 6.17. The van der Waals surface area contributed by atoms with Gasteiger partial charge in [-0.3, -0.25) is 0 Å². The Bertz CT molecular complexity index is 949. The summed E-state index contributed by atoms with van der Waals surface area (Å²) in [6.07, 6.45) is 4.36. The number of likely N-dealkylation sites (N-methyl/N-ethyl adjacent to an activating group) is 1. The molecule has 0 aliphatic carbocycles. The fourth-order valence-corrected chi connectivity index (χ4v) is 7.85. The van der Waals surface area contributed by atoms with E-state index in [2.05, 4.69) is 30.1 Å².